The second-order valence-corrected chi connectivity index (χ2v) is 7.90. The number of carbonyl (C=O) groups excluding carboxylic acids is 1. The maximum Gasteiger partial charge on any atom is 0.322 e. The van der Waals surface area contributed by atoms with Crippen molar-refractivity contribution in [2.45, 2.75) is 25.2 Å². The molecule has 5 rings (SSSR count). The standard InChI is InChI=1S/C21H19F3N4O2/c22-13-5-12(6-25-7-13)14-3-11-4-18(14)28(8-11)19(29)10-27-9-15-17(26-21(27)30)2-1-16(23)20(15)24/h1-3,5-7,11,18-19,29H,4,8-10H2,(H,26,30)/t11-,18-,19?/m0/s1. The number of benzene rings is 1. The number of aliphatic hydroxyl groups excluding tert-OH is 1. The summed E-state index contributed by atoms with van der Waals surface area (Å²) < 4.78 is 41.3. The van der Waals surface area contributed by atoms with Crippen LogP contribution < -0.4 is 5.32 Å². The molecule has 0 saturated carbocycles. The molecule has 6 nitrogen and oxygen atoms in total. The van der Waals surface area contributed by atoms with Crippen molar-refractivity contribution in [1.82, 2.24) is 14.8 Å². The van der Waals surface area contributed by atoms with Crippen molar-refractivity contribution in [2.24, 2.45) is 5.92 Å². The van der Waals surface area contributed by atoms with Crippen LogP contribution in [0.2, 0.25) is 0 Å². The van der Waals surface area contributed by atoms with Gasteiger partial charge in [-0.25, -0.2) is 18.0 Å². The number of amides is 2. The molecule has 2 aromatic rings. The van der Waals surface area contributed by atoms with E-state index in [2.05, 4.69) is 16.4 Å². The maximum absolute atomic E-state index is 14.1. The molecule has 2 amide bonds. The van der Waals surface area contributed by atoms with E-state index in [1.54, 1.807) is 6.20 Å². The van der Waals surface area contributed by atoms with Crippen LogP contribution in [0.3, 0.4) is 0 Å². The number of halogens is 3. The largest absolute Gasteiger partial charge is 0.376 e. The number of urea groups is 1. The third kappa shape index (κ3) is 3.14. The minimum absolute atomic E-state index is 0.0520. The smallest absolute Gasteiger partial charge is 0.322 e. The summed E-state index contributed by atoms with van der Waals surface area (Å²) in [4.78, 5) is 19.4. The predicted molar refractivity (Wildman–Crippen MR) is 103 cm³/mol. The van der Waals surface area contributed by atoms with E-state index in [-0.39, 0.29) is 36.3 Å². The lowest BCUT2D eigenvalue weighted by Crippen LogP contribution is -2.50. The molecule has 1 aromatic heterocycles. The molecule has 2 bridgehead atoms. The van der Waals surface area contributed by atoms with E-state index in [1.807, 2.05) is 4.90 Å². The molecule has 3 heterocycles. The van der Waals surface area contributed by atoms with Gasteiger partial charge in [0.25, 0.3) is 0 Å². The minimum Gasteiger partial charge on any atom is -0.376 e. The Morgan fingerprint density at radius 1 is 1.27 bits per heavy atom. The van der Waals surface area contributed by atoms with Gasteiger partial charge in [0.05, 0.1) is 25.0 Å². The molecule has 156 valence electrons. The molecule has 9 heteroatoms. The molecule has 1 aromatic carbocycles. The zero-order valence-corrected chi connectivity index (χ0v) is 15.9. The normalized spacial score (nSPS) is 23.9. The van der Waals surface area contributed by atoms with Crippen LogP contribution in [-0.4, -0.2) is 51.3 Å². The van der Waals surface area contributed by atoms with E-state index < -0.39 is 29.7 Å². The van der Waals surface area contributed by atoms with Gasteiger partial charge in [-0.05, 0) is 36.1 Å². The molecule has 1 aliphatic carbocycles. The number of pyridine rings is 1. The molecule has 2 aliphatic heterocycles. The van der Waals surface area contributed by atoms with Gasteiger partial charge in [0, 0.05) is 29.9 Å². The van der Waals surface area contributed by atoms with E-state index in [0.717, 1.165) is 24.3 Å². The van der Waals surface area contributed by atoms with Gasteiger partial charge in [0.1, 0.15) is 12.0 Å². The summed E-state index contributed by atoms with van der Waals surface area (Å²) in [6.45, 7) is 0.395. The number of rotatable bonds is 4. The van der Waals surface area contributed by atoms with Crippen LogP contribution in [0.1, 0.15) is 17.5 Å². The lowest BCUT2D eigenvalue weighted by atomic mass is 10.0. The van der Waals surface area contributed by atoms with Crippen molar-refractivity contribution >= 4 is 17.3 Å². The first-order valence-corrected chi connectivity index (χ1v) is 9.70. The Labute approximate surface area is 170 Å². The van der Waals surface area contributed by atoms with Crippen molar-refractivity contribution in [1.29, 1.82) is 0 Å². The van der Waals surface area contributed by atoms with Gasteiger partial charge in [-0.1, -0.05) is 6.08 Å². The Kier molecular flexibility index (Phi) is 4.52. The van der Waals surface area contributed by atoms with Crippen LogP contribution in [-0.2, 0) is 6.54 Å². The molecule has 1 unspecified atom stereocenters. The summed E-state index contributed by atoms with van der Waals surface area (Å²) in [5.41, 5.74) is 1.85. The van der Waals surface area contributed by atoms with Gasteiger partial charge < -0.3 is 15.3 Å². The van der Waals surface area contributed by atoms with Crippen molar-refractivity contribution < 1.29 is 23.1 Å². The van der Waals surface area contributed by atoms with Crippen LogP contribution >= 0.6 is 0 Å². The highest BCUT2D eigenvalue weighted by molar-refractivity contribution is 5.92. The topological polar surface area (TPSA) is 68.7 Å². The predicted octanol–water partition coefficient (Wildman–Crippen LogP) is 2.95. The molecule has 1 fully saturated rings. The monoisotopic (exact) mass is 416 g/mol. The van der Waals surface area contributed by atoms with Crippen LogP contribution in [0, 0.1) is 23.4 Å². The van der Waals surface area contributed by atoms with Crippen molar-refractivity contribution in [3.63, 3.8) is 0 Å². The first-order chi connectivity index (χ1) is 14.4. The van der Waals surface area contributed by atoms with E-state index in [9.17, 15) is 23.1 Å². The van der Waals surface area contributed by atoms with Gasteiger partial charge in [0.2, 0.25) is 0 Å². The Morgan fingerprint density at radius 2 is 2.10 bits per heavy atom. The Bertz CT molecular complexity index is 1060. The summed E-state index contributed by atoms with van der Waals surface area (Å²) in [6.07, 6.45) is 4.59. The number of nitrogens with one attached hydrogen (secondary N) is 1. The van der Waals surface area contributed by atoms with Gasteiger partial charge >= 0.3 is 6.03 Å². The van der Waals surface area contributed by atoms with Crippen molar-refractivity contribution in [2.75, 3.05) is 18.4 Å². The van der Waals surface area contributed by atoms with Gasteiger partial charge in [-0.2, -0.15) is 0 Å². The first-order valence-electron chi connectivity index (χ1n) is 9.70. The number of fused-ring (bicyclic) bond motifs is 3. The Balaban J connectivity index is 1.33. The highest BCUT2D eigenvalue weighted by atomic mass is 19.2. The third-order valence-corrected chi connectivity index (χ3v) is 6.02. The van der Waals surface area contributed by atoms with Crippen LogP contribution in [0.25, 0.3) is 5.57 Å². The average molecular weight is 416 g/mol. The van der Waals surface area contributed by atoms with Crippen molar-refractivity contribution in [3.05, 3.63) is 65.2 Å². The van der Waals surface area contributed by atoms with E-state index in [0.29, 0.717) is 12.1 Å². The van der Waals surface area contributed by atoms with E-state index in [1.165, 1.54) is 17.0 Å². The van der Waals surface area contributed by atoms with Crippen LogP contribution in [0.15, 0.2) is 36.7 Å². The minimum atomic E-state index is -1.01. The van der Waals surface area contributed by atoms with E-state index in [4.69, 9.17) is 0 Å². The summed E-state index contributed by atoms with van der Waals surface area (Å²) in [5, 5.41) is 13.4. The molecule has 3 aliphatic rings. The first kappa shape index (κ1) is 19.1. The molecule has 0 radical (unpaired) electrons. The molecular formula is C21H19F3N4O2. The fourth-order valence-electron chi connectivity index (χ4n) is 4.64. The van der Waals surface area contributed by atoms with E-state index >= 15 is 0 Å². The number of hydrogen-bond acceptors (Lipinski definition) is 4. The molecule has 30 heavy (non-hydrogen) atoms. The van der Waals surface area contributed by atoms with Gasteiger partial charge in [-0.3, -0.25) is 9.88 Å². The number of nitrogens with zero attached hydrogens (tertiary/aromatic N) is 3. The number of hydrogen-bond donors (Lipinski definition) is 2. The van der Waals surface area contributed by atoms with Gasteiger partial charge in [0.15, 0.2) is 11.6 Å². The number of aliphatic hydroxyl groups is 1. The summed E-state index contributed by atoms with van der Waals surface area (Å²) in [5.74, 6) is -2.21. The Hall–Kier alpha value is -2.91. The zero-order chi connectivity index (χ0) is 21.0. The molecule has 3 atom stereocenters. The summed E-state index contributed by atoms with van der Waals surface area (Å²) in [7, 11) is 0. The molecule has 0 spiro atoms. The fraction of sp³-hybridized carbons (Fsp3) is 0.333. The highest BCUT2D eigenvalue weighted by Crippen LogP contribution is 2.42. The Morgan fingerprint density at radius 3 is 2.87 bits per heavy atom. The number of anilines is 1. The average Bonchev–Trinajstić information content (AvgIpc) is 3.33. The lowest BCUT2D eigenvalue weighted by molar-refractivity contribution is -0.0141. The van der Waals surface area contributed by atoms with Crippen LogP contribution in [0.4, 0.5) is 23.7 Å². The second kappa shape index (κ2) is 7.10. The van der Waals surface area contributed by atoms with Crippen LogP contribution in [0.5, 0.6) is 0 Å². The SMILES string of the molecule is O=C1Nc2ccc(F)c(F)c2CN1CC(O)N1C[C@H]2C=C(c3cncc(F)c3)[C@@H]1C2. The molecular weight excluding hydrogens is 397 g/mol. The quantitative estimate of drug-likeness (QED) is 0.804. The number of aromatic nitrogens is 1. The van der Waals surface area contributed by atoms with Gasteiger partial charge in [-0.15, -0.1) is 0 Å². The number of likely N-dealkylation sites (tertiary alicyclic amines) is 1. The zero-order valence-electron chi connectivity index (χ0n) is 15.9. The lowest BCUT2D eigenvalue weighted by Gasteiger charge is -2.37. The second-order valence-electron chi connectivity index (χ2n) is 7.90. The fourth-order valence-corrected chi connectivity index (χ4v) is 4.64. The maximum atomic E-state index is 14.1. The molecule has 2 N–H and O–H groups in total. The highest BCUT2D eigenvalue weighted by Gasteiger charge is 2.43. The van der Waals surface area contributed by atoms with Crippen molar-refractivity contribution in [3.8, 4) is 0 Å². The number of carbonyl (C=O) groups is 1. The number of β-amino-alcohol motifs (C(OH)–C–C–N with tert-alkyl or cyclic N) is 1. The molecule has 1 saturated heterocycles. The summed E-state index contributed by atoms with van der Waals surface area (Å²) >= 11 is 0. The third-order valence-electron chi connectivity index (χ3n) is 6.02. The summed E-state index contributed by atoms with van der Waals surface area (Å²) in [6, 6.07) is 3.10.